The molecule has 0 saturated carbocycles. The van der Waals surface area contributed by atoms with Crippen molar-refractivity contribution in [1.29, 1.82) is 0 Å². The van der Waals surface area contributed by atoms with Crippen molar-refractivity contribution < 1.29 is 14.6 Å². The van der Waals surface area contributed by atoms with E-state index >= 15 is 0 Å². The third-order valence-corrected chi connectivity index (χ3v) is 3.90. The predicted molar refractivity (Wildman–Crippen MR) is 95.3 cm³/mol. The number of nitrogens with zero attached hydrogens (tertiary/aromatic N) is 1. The summed E-state index contributed by atoms with van der Waals surface area (Å²) in [6, 6.07) is 11.8. The molecule has 0 saturated heterocycles. The Morgan fingerprint density at radius 2 is 1.75 bits per heavy atom. The third kappa shape index (κ3) is 5.62. The monoisotopic (exact) mass is 329 g/mol. The summed E-state index contributed by atoms with van der Waals surface area (Å²) in [5.74, 6) is 0.743. The maximum Gasteiger partial charge on any atom is 0.130 e. The first-order chi connectivity index (χ1) is 11.6. The highest BCUT2D eigenvalue weighted by Crippen LogP contribution is 2.17. The summed E-state index contributed by atoms with van der Waals surface area (Å²) in [4.78, 5) is 4.28. The van der Waals surface area contributed by atoms with E-state index in [0.717, 1.165) is 30.8 Å². The molecule has 0 radical (unpaired) electrons. The summed E-state index contributed by atoms with van der Waals surface area (Å²) < 4.78 is 11.2. The van der Waals surface area contributed by atoms with E-state index in [1.807, 2.05) is 43.3 Å². The third-order valence-electron chi connectivity index (χ3n) is 3.90. The molecule has 130 valence electrons. The van der Waals surface area contributed by atoms with Gasteiger partial charge in [-0.3, -0.25) is 4.98 Å². The average Bonchev–Trinajstić information content (AvgIpc) is 2.61. The van der Waals surface area contributed by atoms with Gasteiger partial charge in [-0.1, -0.05) is 25.1 Å². The molecular weight excluding hydrogens is 302 g/mol. The molecular formula is C20H27NO3. The highest BCUT2D eigenvalue weighted by Gasteiger charge is 2.10. The molecule has 2 unspecified atom stereocenters. The Labute approximate surface area is 144 Å². The summed E-state index contributed by atoms with van der Waals surface area (Å²) in [6.07, 6.45) is 3.10. The number of ether oxygens (including phenoxy) is 2. The van der Waals surface area contributed by atoms with Crippen molar-refractivity contribution in [2.24, 2.45) is 0 Å². The molecule has 4 nitrogen and oxygen atoms in total. The van der Waals surface area contributed by atoms with Crippen LogP contribution in [0.3, 0.4) is 0 Å². The first-order valence-electron chi connectivity index (χ1n) is 8.58. The molecule has 1 aromatic carbocycles. The van der Waals surface area contributed by atoms with E-state index in [9.17, 15) is 5.11 Å². The summed E-state index contributed by atoms with van der Waals surface area (Å²) in [5.41, 5.74) is 3.00. The molecule has 24 heavy (non-hydrogen) atoms. The second kappa shape index (κ2) is 9.40. The molecule has 0 aliphatic heterocycles. The van der Waals surface area contributed by atoms with Gasteiger partial charge in [-0.25, -0.2) is 0 Å². The van der Waals surface area contributed by atoms with Gasteiger partial charge in [-0.15, -0.1) is 0 Å². The second-order valence-corrected chi connectivity index (χ2v) is 5.89. The molecule has 1 heterocycles. The van der Waals surface area contributed by atoms with Crippen molar-refractivity contribution in [2.45, 2.75) is 45.8 Å². The molecule has 0 amide bonds. The normalized spacial score (nSPS) is 13.5. The van der Waals surface area contributed by atoms with Crippen LogP contribution in [0.5, 0.6) is 5.75 Å². The Bertz CT molecular complexity index is 595. The van der Waals surface area contributed by atoms with E-state index in [1.54, 1.807) is 6.20 Å². The Morgan fingerprint density at radius 3 is 2.33 bits per heavy atom. The van der Waals surface area contributed by atoms with Gasteiger partial charge in [0.1, 0.15) is 18.5 Å². The molecule has 4 heteroatoms. The second-order valence-electron chi connectivity index (χ2n) is 5.89. The van der Waals surface area contributed by atoms with Gasteiger partial charge >= 0.3 is 0 Å². The molecule has 0 aliphatic carbocycles. The number of aliphatic hydroxyl groups is 1. The fourth-order valence-corrected chi connectivity index (χ4v) is 2.50. The maximum absolute atomic E-state index is 10.2. The van der Waals surface area contributed by atoms with E-state index in [-0.39, 0.29) is 12.7 Å². The quantitative estimate of drug-likeness (QED) is 0.762. The van der Waals surface area contributed by atoms with Crippen LogP contribution in [0.4, 0.5) is 0 Å². The van der Waals surface area contributed by atoms with Crippen molar-refractivity contribution in [2.75, 3.05) is 13.2 Å². The van der Waals surface area contributed by atoms with E-state index in [1.165, 1.54) is 5.56 Å². The minimum Gasteiger partial charge on any atom is -0.490 e. The average molecular weight is 329 g/mol. The zero-order chi connectivity index (χ0) is 17.4. The van der Waals surface area contributed by atoms with Crippen LogP contribution in [0, 0.1) is 0 Å². The van der Waals surface area contributed by atoms with Crippen LogP contribution in [0.1, 0.15) is 43.7 Å². The van der Waals surface area contributed by atoms with Crippen molar-refractivity contribution in [1.82, 2.24) is 4.98 Å². The molecule has 0 bridgehead atoms. The van der Waals surface area contributed by atoms with Gasteiger partial charge < -0.3 is 14.6 Å². The number of aryl methyl sites for hydroxylation is 1. The van der Waals surface area contributed by atoms with Gasteiger partial charge in [0.05, 0.1) is 11.8 Å². The summed E-state index contributed by atoms with van der Waals surface area (Å²) in [5, 5.41) is 10.2. The van der Waals surface area contributed by atoms with Gasteiger partial charge in [0.15, 0.2) is 0 Å². The molecule has 1 N–H and O–H groups in total. The maximum atomic E-state index is 10.2. The van der Waals surface area contributed by atoms with Crippen molar-refractivity contribution in [3.05, 3.63) is 59.4 Å². The lowest BCUT2D eigenvalue weighted by molar-refractivity contribution is 0.0768. The lowest BCUT2D eigenvalue weighted by atomic mass is 10.1. The summed E-state index contributed by atoms with van der Waals surface area (Å²) in [7, 11) is 0. The van der Waals surface area contributed by atoms with Gasteiger partial charge in [0.2, 0.25) is 0 Å². The highest BCUT2D eigenvalue weighted by atomic mass is 16.5. The molecule has 2 atom stereocenters. The first kappa shape index (κ1) is 18.4. The Morgan fingerprint density at radius 1 is 1.04 bits per heavy atom. The predicted octanol–water partition coefficient (Wildman–Crippen LogP) is 3.72. The van der Waals surface area contributed by atoms with Crippen molar-refractivity contribution in [3.63, 3.8) is 0 Å². The zero-order valence-corrected chi connectivity index (χ0v) is 14.7. The summed E-state index contributed by atoms with van der Waals surface area (Å²) >= 11 is 0. The van der Waals surface area contributed by atoms with Gasteiger partial charge in [0, 0.05) is 12.8 Å². The largest absolute Gasteiger partial charge is 0.490 e. The van der Waals surface area contributed by atoms with Crippen molar-refractivity contribution >= 4 is 0 Å². The number of aliphatic hydroxyl groups excluding tert-OH is 1. The van der Waals surface area contributed by atoms with Crippen LogP contribution >= 0.6 is 0 Å². The van der Waals surface area contributed by atoms with Gasteiger partial charge in [-0.05, 0) is 56.0 Å². The SMILES string of the molecule is CCOC(C)Cc1ccc(OCC(O)c2ccc(CC)cn2)cc1. The standard InChI is InChI=1S/C20H27NO3/c1-4-16-8-11-19(21-13-16)20(22)14-24-18-9-6-17(7-10-18)12-15(3)23-5-2/h6-11,13,15,20,22H,4-5,12,14H2,1-3H3. The van der Waals surface area contributed by atoms with Crippen LogP contribution in [-0.4, -0.2) is 29.4 Å². The first-order valence-corrected chi connectivity index (χ1v) is 8.58. The lowest BCUT2D eigenvalue weighted by Crippen LogP contribution is -2.12. The molecule has 0 aliphatic rings. The number of hydrogen-bond acceptors (Lipinski definition) is 4. The Balaban J connectivity index is 1.84. The molecule has 2 rings (SSSR count). The molecule has 2 aromatic rings. The topological polar surface area (TPSA) is 51.6 Å². The van der Waals surface area contributed by atoms with Crippen LogP contribution < -0.4 is 4.74 Å². The van der Waals surface area contributed by atoms with E-state index in [2.05, 4.69) is 18.8 Å². The van der Waals surface area contributed by atoms with Gasteiger partial charge in [0.25, 0.3) is 0 Å². The van der Waals surface area contributed by atoms with Crippen LogP contribution in [0.25, 0.3) is 0 Å². The minimum absolute atomic E-state index is 0.188. The van der Waals surface area contributed by atoms with E-state index in [4.69, 9.17) is 9.47 Å². The smallest absolute Gasteiger partial charge is 0.130 e. The van der Waals surface area contributed by atoms with Crippen LogP contribution in [-0.2, 0) is 17.6 Å². The number of benzene rings is 1. The molecule has 0 fully saturated rings. The minimum atomic E-state index is -0.728. The molecule has 1 aromatic heterocycles. The number of aromatic nitrogens is 1. The fourth-order valence-electron chi connectivity index (χ4n) is 2.50. The Kier molecular flexibility index (Phi) is 7.22. The zero-order valence-electron chi connectivity index (χ0n) is 14.7. The lowest BCUT2D eigenvalue weighted by Gasteiger charge is -2.14. The highest BCUT2D eigenvalue weighted by molar-refractivity contribution is 5.27. The summed E-state index contributed by atoms with van der Waals surface area (Å²) in [6.45, 7) is 7.07. The van der Waals surface area contributed by atoms with Crippen LogP contribution in [0.15, 0.2) is 42.6 Å². The van der Waals surface area contributed by atoms with E-state index in [0.29, 0.717) is 5.69 Å². The number of rotatable bonds is 9. The fraction of sp³-hybridized carbons (Fsp3) is 0.450. The van der Waals surface area contributed by atoms with Gasteiger partial charge in [-0.2, -0.15) is 0 Å². The number of pyridine rings is 1. The van der Waals surface area contributed by atoms with Crippen LogP contribution in [0.2, 0.25) is 0 Å². The Hall–Kier alpha value is -1.91. The molecule has 0 spiro atoms. The number of hydrogen-bond donors (Lipinski definition) is 1. The van der Waals surface area contributed by atoms with E-state index < -0.39 is 6.10 Å². The van der Waals surface area contributed by atoms with Crippen molar-refractivity contribution in [3.8, 4) is 5.75 Å².